The summed E-state index contributed by atoms with van der Waals surface area (Å²) < 4.78 is 0. The Balaban J connectivity index is 2.70. The highest BCUT2D eigenvalue weighted by atomic mass is 16.4. The number of hydrogen-bond donors (Lipinski definition) is 3. The van der Waals surface area contributed by atoms with E-state index in [0.717, 1.165) is 5.69 Å². The fourth-order valence-electron chi connectivity index (χ4n) is 1.89. The topological polar surface area (TPSA) is 97.1 Å². The first-order chi connectivity index (χ1) is 8.02. The van der Waals surface area contributed by atoms with Gasteiger partial charge in [-0.2, -0.15) is 5.26 Å². The van der Waals surface area contributed by atoms with Gasteiger partial charge in [-0.15, -0.1) is 0 Å². The van der Waals surface area contributed by atoms with Crippen LogP contribution in [0.15, 0.2) is 12.1 Å². The minimum absolute atomic E-state index is 0.114. The van der Waals surface area contributed by atoms with Crippen LogP contribution in [0.3, 0.4) is 0 Å². The molecule has 0 atom stereocenters. The van der Waals surface area contributed by atoms with Crippen molar-refractivity contribution in [2.24, 2.45) is 0 Å². The lowest BCUT2D eigenvalue weighted by Crippen LogP contribution is -2.00. The van der Waals surface area contributed by atoms with Crippen LogP contribution < -0.4 is 0 Å². The molecule has 0 spiro atoms. The summed E-state index contributed by atoms with van der Waals surface area (Å²) in [6.07, 6.45) is -0.114. The van der Waals surface area contributed by atoms with Crippen molar-refractivity contribution in [3.63, 3.8) is 0 Å². The first kappa shape index (κ1) is 11.0. The maximum absolute atomic E-state index is 10.7. The van der Waals surface area contributed by atoms with Gasteiger partial charge in [0.2, 0.25) is 0 Å². The summed E-state index contributed by atoms with van der Waals surface area (Å²) in [5.41, 5.74) is 2.19. The van der Waals surface area contributed by atoms with E-state index in [4.69, 9.17) is 10.4 Å². The van der Waals surface area contributed by atoms with E-state index in [2.05, 4.69) is 4.98 Å². The van der Waals surface area contributed by atoms with E-state index in [0.29, 0.717) is 16.5 Å². The van der Waals surface area contributed by atoms with Crippen molar-refractivity contribution in [3.05, 3.63) is 29.0 Å². The first-order valence-electron chi connectivity index (χ1n) is 4.99. The van der Waals surface area contributed by atoms with Gasteiger partial charge in [0.05, 0.1) is 12.0 Å². The van der Waals surface area contributed by atoms with Crippen molar-refractivity contribution >= 4 is 16.9 Å². The molecule has 1 aromatic carbocycles. The lowest BCUT2D eigenvalue weighted by Gasteiger charge is -1.99. The molecule has 1 aromatic heterocycles. The van der Waals surface area contributed by atoms with Crippen LogP contribution in [0.25, 0.3) is 10.9 Å². The summed E-state index contributed by atoms with van der Waals surface area (Å²) in [6.45, 7) is 1.77. The molecule has 0 saturated carbocycles. The van der Waals surface area contributed by atoms with Crippen LogP contribution in [0.2, 0.25) is 0 Å². The van der Waals surface area contributed by atoms with Gasteiger partial charge >= 0.3 is 5.97 Å². The van der Waals surface area contributed by atoms with Crippen molar-refractivity contribution < 1.29 is 15.0 Å². The van der Waals surface area contributed by atoms with Crippen LogP contribution in [0, 0.1) is 18.3 Å². The number of nitriles is 1. The molecular weight excluding hydrogens is 220 g/mol. The summed E-state index contributed by atoms with van der Waals surface area (Å²) in [6, 6.07) is 4.81. The molecule has 3 N–H and O–H groups in total. The minimum Gasteiger partial charge on any atom is -0.507 e. The third kappa shape index (κ3) is 1.81. The number of phenols is 1. The molecule has 2 rings (SSSR count). The van der Waals surface area contributed by atoms with Crippen LogP contribution >= 0.6 is 0 Å². The Kier molecular flexibility index (Phi) is 2.48. The number of rotatable bonds is 2. The number of H-pyrrole nitrogens is 1. The van der Waals surface area contributed by atoms with Crippen molar-refractivity contribution in [1.29, 1.82) is 5.26 Å². The number of aromatic amines is 1. The number of aryl methyl sites for hydroxylation is 1. The Morgan fingerprint density at radius 2 is 2.24 bits per heavy atom. The maximum Gasteiger partial charge on any atom is 0.307 e. The van der Waals surface area contributed by atoms with Gasteiger partial charge in [-0.25, -0.2) is 0 Å². The average molecular weight is 230 g/mol. The number of aromatic hydroxyl groups is 1. The second-order valence-electron chi connectivity index (χ2n) is 3.83. The molecule has 0 aliphatic rings. The van der Waals surface area contributed by atoms with Gasteiger partial charge in [-0.1, -0.05) is 0 Å². The van der Waals surface area contributed by atoms with Crippen LogP contribution in [-0.2, 0) is 11.2 Å². The molecule has 5 nitrogen and oxygen atoms in total. The number of carbonyl (C=O) groups is 1. The Bertz CT molecular complexity index is 650. The summed E-state index contributed by atoms with van der Waals surface area (Å²) in [5.74, 6) is -1.07. The molecule has 0 aliphatic carbocycles. The number of benzene rings is 1. The Hall–Kier alpha value is -2.48. The lowest BCUT2D eigenvalue weighted by molar-refractivity contribution is -0.136. The third-order valence-electron chi connectivity index (χ3n) is 2.68. The van der Waals surface area contributed by atoms with Crippen molar-refractivity contribution in [2.45, 2.75) is 13.3 Å². The van der Waals surface area contributed by atoms with Gasteiger partial charge in [-0.05, 0) is 24.6 Å². The third-order valence-corrected chi connectivity index (χ3v) is 2.68. The standard InChI is InChI=1S/C12H10N2O3/c1-6-8(4-12(16)17)9-3-11(15)7(5-13)2-10(9)14-6/h2-3,14-15H,4H2,1H3,(H,16,17). The molecule has 0 radical (unpaired) electrons. The molecular formula is C12H10N2O3. The van der Waals surface area contributed by atoms with Gasteiger partial charge in [0.25, 0.3) is 0 Å². The predicted octanol–water partition coefficient (Wildman–Crippen LogP) is 1.68. The van der Waals surface area contributed by atoms with E-state index < -0.39 is 5.97 Å². The number of fused-ring (bicyclic) bond motifs is 1. The Morgan fingerprint density at radius 1 is 1.53 bits per heavy atom. The fourth-order valence-corrected chi connectivity index (χ4v) is 1.89. The van der Waals surface area contributed by atoms with E-state index in [1.165, 1.54) is 12.1 Å². The summed E-state index contributed by atoms with van der Waals surface area (Å²) in [7, 11) is 0. The monoisotopic (exact) mass is 230 g/mol. The molecule has 0 saturated heterocycles. The van der Waals surface area contributed by atoms with E-state index in [1.807, 2.05) is 6.07 Å². The molecule has 1 heterocycles. The zero-order chi connectivity index (χ0) is 12.6. The van der Waals surface area contributed by atoms with E-state index >= 15 is 0 Å². The number of phenolic OH excluding ortho intramolecular Hbond substituents is 1. The molecule has 0 aliphatic heterocycles. The average Bonchev–Trinajstić information content (AvgIpc) is 2.54. The van der Waals surface area contributed by atoms with E-state index in [-0.39, 0.29) is 17.7 Å². The summed E-state index contributed by atoms with van der Waals surface area (Å²) in [4.78, 5) is 13.8. The number of carboxylic acid groups (broad SMARTS) is 1. The molecule has 0 unspecified atom stereocenters. The smallest absolute Gasteiger partial charge is 0.307 e. The van der Waals surface area contributed by atoms with Crippen LogP contribution in [0.5, 0.6) is 5.75 Å². The number of hydrogen-bond acceptors (Lipinski definition) is 3. The Morgan fingerprint density at radius 3 is 2.82 bits per heavy atom. The zero-order valence-corrected chi connectivity index (χ0v) is 9.11. The SMILES string of the molecule is Cc1[nH]c2cc(C#N)c(O)cc2c1CC(=O)O. The highest BCUT2D eigenvalue weighted by Gasteiger charge is 2.14. The van der Waals surface area contributed by atoms with Gasteiger partial charge in [0.1, 0.15) is 11.8 Å². The number of aromatic nitrogens is 1. The predicted molar refractivity (Wildman–Crippen MR) is 60.8 cm³/mol. The summed E-state index contributed by atoms with van der Waals surface area (Å²) >= 11 is 0. The van der Waals surface area contributed by atoms with Gasteiger partial charge in [0.15, 0.2) is 0 Å². The van der Waals surface area contributed by atoms with Crippen molar-refractivity contribution in [1.82, 2.24) is 4.98 Å². The van der Waals surface area contributed by atoms with E-state index in [1.54, 1.807) is 6.92 Å². The first-order valence-corrected chi connectivity index (χ1v) is 4.99. The normalized spacial score (nSPS) is 10.4. The number of aliphatic carboxylic acids is 1. The van der Waals surface area contributed by atoms with Crippen molar-refractivity contribution in [2.75, 3.05) is 0 Å². The minimum atomic E-state index is -0.933. The second kappa shape index (κ2) is 3.83. The van der Waals surface area contributed by atoms with Crippen LogP contribution in [0.1, 0.15) is 16.8 Å². The molecule has 0 amide bonds. The Labute approximate surface area is 96.9 Å². The van der Waals surface area contributed by atoms with E-state index in [9.17, 15) is 9.90 Å². The zero-order valence-electron chi connectivity index (χ0n) is 9.11. The molecule has 86 valence electrons. The molecule has 0 fully saturated rings. The fraction of sp³-hybridized carbons (Fsp3) is 0.167. The summed E-state index contributed by atoms with van der Waals surface area (Å²) in [5, 5.41) is 27.8. The van der Waals surface area contributed by atoms with Crippen LogP contribution in [0.4, 0.5) is 0 Å². The van der Waals surface area contributed by atoms with Crippen molar-refractivity contribution in [3.8, 4) is 11.8 Å². The highest BCUT2D eigenvalue weighted by molar-refractivity contribution is 5.90. The van der Waals surface area contributed by atoms with Gasteiger partial charge < -0.3 is 15.2 Å². The number of nitrogens with one attached hydrogen (secondary N) is 1. The number of nitrogens with zero attached hydrogens (tertiary/aromatic N) is 1. The highest BCUT2D eigenvalue weighted by Crippen LogP contribution is 2.29. The maximum atomic E-state index is 10.7. The molecule has 2 aromatic rings. The van der Waals surface area contributed by atoms with Gasteiger partial charge in [0, 0.05) is 16.6 Å². The van der Waals surface area contributed by atoms with Crippen LogP contribution in [-0.4, -0.2) is 21.2 Å². The lowest BCUT2D eigenvalue weighted by atomic mass is 10.1. The number of carboxylic acids is 1. The van der Waals surface area contributed by atoms with Gasteiger partial charge in [-0.3, -0.25) is 4.79 Å². The largest absolute Gasteiger partial charge is 0.507 e. The second-order valence-corrected chi connectivity index (χ2v) is 3.83. The quantitative estimate of drug-likeness (QED) is 0.731. The molecule has 17 heavy (non-hydrogen) atoms. The molecule has 0 bridgehead atoms. The molecule has 5 heteroatoms.